The summed E-state index contributed by atoms with van der Waals surface area (Å²) >= 11 is 0. The molecule has 2 amide bonds. The van der Waals surface area contributed by atoms with Crippen LogP contribution in [0, 0.1) is 6.92 Å². The lowest BCUT2D eigenvalue weighted by molar-refractivity contribution is -0.116. The molecule has 1 aliphatic rings. The second kappa shape index (κ2) is 7.76. The van der Waals surface area contributed by atoms with Gasteiger partial charge in [0.1, 0.15) is 0 Å². The molecule has 0 fully saturated rings. The van der Waals surface area contributed by atoms with E-state index in [0.29, 0.717) is 12.1 Å². The molecule has 0 saturated carbocycles. The van der Waals surface area contributed by atoms with Gasteiger partial charge in [-0.15, -0.1) is 0 Å². The molecular formula is C26H23N3O2. The number of aromatic nitrogens is 1. The fraction of sp³-hybridized carbons (Fsp3) is 0.154. The van der Waals surface area contributed by atoms with Crippen LogP contribution in [0.25, 0.3) is 10.9 Å². The zero-order valence-electron chi connectivity index (χ0n) is 17.3. The maximum absolute atomic E-state index is 13.2. The monoisotopic (exact) mass is 409 g/mol. The summed E-state index contributed by atoms with van der Waals surface area (Å²) in [5.74, 6) is -0.140. The lowest BCUT2D eigenvalue weighted by Gasteiger charge is -2.25. The molecule has 2 N–H and O–H groups in total. The van der Waals surface area contributed by atoms with Gasteiger partial charge in [-0.3, -0.25) is 9.59 Å². The van der Waals surface area contributed by atoms with E-state index in [4.69, 9.17) is 0 Å². The summed E-state index contributed by atoms with van der Waals surface area (Å²) in [5.41, 5.74) is 5.67. The van der Waals surface area contributed by atoms with Gasteiger partial charge in [0.15, 0.2) is 0 Å². The average molecular weight is 409 g/mol. The normalized spacial score (nSPS) is 15.3. The molecular weight excluding hydrogens is 386 g/mol. The van der Waals surface area contributed by atoms with Crippen molar-refractivity contribution in [3.05, 3.63) is 101 Å². The lowest BCUT2D eigenvalue weighted by Crippen LogP contribution is -2.32. The molecule has 5 nitrogen and oxygen atoms in total. The topological polar surface area (TPSA) is 65.2 Å². The molecule has 0 aliphatic carbocycles. The van der Waals surface area contributed by atoms with Crippen molar-refractivity contribution in [1.82, 2.24) is 9.88 Å². The average Bonchev–Trinajstić information content (AvgIpc) is 3.33. The van der Waals surface area contributed by atoms with Crippen molar-refractivity contribution in [3.63, 3.8) is 0 Å². The zero-order chi connectivity index (χ0) is 21.4. The Hall–Kier alpha value is -3.86. The number of hydrogen-bond acceptors (Lipinski definition) is 2. The number of amides is 2. The van der Waals surface area contributed by atoms with Crippen molar-refractivity contribution in [3.8, 4) is 0 Å². The summed E-state index contributed by atoms with van der Waals surface area (Å²) in [6, 6.07) is 23.3. The van der Waals surface area contributed by atoms with Crippen molar-refractivity contribution in [2.45, 2.75) is 19.4 Å². The summed E-state index contributed by atoms with van der Waals surface area (Å²) in [6.07, 6.45) is 2.20. The van der Waals surface area contributed by atoms with Gasteiger partial charge in [0.2, 0.25) is 5.91 Å². The molecule has 5 rings (SSSR count). The van der Waals surface area contributed by atoms with E-state index in [-0.39, 0.29) is 24.3 Å². The maximum Gasteiger partial charge on any atom is 0.255 e. The Bertz CT molecular complexity index is 1270. The summed E-state index contributed by atoms with van der Waals surface area (Å²) in [6.45, 7) is 2.35. The maximum atomic E-state index is 13.2. The molecule has 3 aromatic carbocycles. The van der Waals surface area contributed by atoms with Crippen LogP contribution >= 0.6 is 0 Å². The van der Waals surface area contributed by atoms with Gasteiger partial charge in [-0.2, -0.15) is 0 Å². The fourth-order valence-corrected chi connectivity index (χ4v) is 4.34. The van der Waals surface area contributed by atoms with Crippen LogP contribution in [0.4, 0.5) is 5.69 Å². The number of para-hydroxylation sites is 1. The second-order valence-corrected chi connectivity index (χ2v) is 7.94. The Labute approximate surface area is 180 Å². The van der Waals surface area contributed by atoms with E-state index in [0.717, 1.165) is 33.3 Å². The Morgan fingerprint density at radius 3 is 2.55 bits per heavy atom. The van der Waals surface area contributed by atoms with Gasteiger partial charge in [0.25, 0.3) is 5.91 Å². The first kappa shape index (κ1) is 19.1. The SMILES string of the molecule is Cc1ccc(NC(=O)CCN2C(=O)c3ccccc3[C@@H]2c2c[nH]c3ccccc23)cc1. The summed E-state index contributed by atoms with van der Waals surface area (Å²) in [7, 11) is 0. The standard InChI is InChI=1S/C26H23N3O2/c1-17-10-12-18(13-11-17)28-24(30)14-15-29-25(20-7-2-3-8-21(20)26(29)31)22-16-27-23-9-5-4-6-19(22)23/h2-13,16,25,27H,14-15H2,1H3,(H,28,30)/t25-/m1/s1. The molecule has 1 aliphatic heterocycles. The molecule has 1 atom stereocenters. The van der Waals surface area contributed by atoms with Gasteiger partial charge in [-0.25, -0.2) is 0 Å². The highest BCUT2D eigenvalue weighted by Crippen LogP contribution is 2.41. The van der Waals surface area contributed by atoms with Crippen molar-refractivity contribution < 1.29 is 9.59 Å². The van der Waals surface area contributed by atoms with E-state index < -0.39 is 0 Å². The molecule has 0 unspecified atom stereocenters. The first-order valence-electron chi connectivity index (χ1n) is 10.4. The molecule has 5 heteroatoms. The van der Waals surface area contributed by atoms with E-state index in [1.807, 2.05) is 84.8 Å². The third kappa shape index (κ3) is 3.48. The minimum Gasteiger partial charge on any atom is -0.361 e. The van der Waals surface area contributed by atoms with Crippen LogP contribution in [0.15, 0.2) is 79.0 Å². The largest absolute Gasteiger partial charge is 0.361 e. The van der Waals surface area contributed by atoms with Crippen molar-refractivity contribution in [2.75, 3.05) is 11.9 Å². The number of rotatable bonds is 5. The number of carbonyl (C=O) groups is 2. The minimum absolute atomic E-state index is 0.0333. The van der Waals surface area contributed by atoms with Crippen LogP contribution in [0.1, 0.15) is 39.5 Å². The van der Waals surface area contributed by atoms with Gasteiger partial charge >= 0.3 is 0 Å². The predicted molar refractivity (Wildman–Crippen MR) is 122 cm³/mol. The van der Waals surface area contributed by atoms with E-state index >= 15 is 0 Å². The fourth-order valence-electron chi connectivity index (χ4n) is 4.34. The van der Waals surface area contributed by atoms with Gasteiger partial charge in [0.05, 0.1) is 6.04 Å². The minimum atomic E-state index is -0.216. The van der Waals surface area contributed by atoms with E-state index in [1.54, 1.807) is 0 Å². The molecule has 0 radical (unpaired) electrons. The third-order valence-corrected chi connectivity index (χ3v) is 5.89. The van der Waals surface area contributed by atoms with Crippen molar-refractivity contribution in [1.29, 1.82) is 0 Å². The van der Waals surface area contributed by atoms with Gasteiger partial charge in [-0.05, 0) is 36.8 Å². The third-order valence-electron chi connectivity index (χ3n) is 5.89. The Morgan fingerprint density at radius 2 is 1.71 bits per heavy atom. The molecule has 0 spiro atoms. The summed E-state index contributed by atoms with van der Waals surface area (Å²) in [4.78, 5) is 30.9. The Morgan fingerprint density at radius 1 is 0.968 bits per heavy atom. The molecule has 2 heterocycles. The first-order chi connectivity index (χ1) is 15.1. The predicted octanol–water partition coefficient (Wildman–Crippen LogP) is 5.05. The summed E-state index contributed by atoms with van der Waals surface area (Å²) < 4.78 is 0. The number of anilines is 1. The number of hydrogen-bond donors (Lipinski definition) is 2. The van der Waals surface area contributed by atoms with Crippen molar-refractivity contribution in [2.24, 2.45) is 0 Å². The molecule has 154 valence electrons. The van der Waals surface area contributed by atoms with Crippen LogP contribution in [0.2, 0.25) is 0 Å². The van der Waals surface area contributed by atoms with Crippen LogP contribution in [0.5, 0.6) is 0 Å². The van der Waals surface area contributed by atoms with Gasteiger partial charge < -0.3 is 15.2 Å². The Balaban J connectivity index is 1.42. The highest BCUT2D eigenvalue weighted by molar-refractivity contribution is 6.01. The van der Waals surface area contributed by atoms with Crippen molar-refractivity contribution >= 4 is 28.4 Å². The molecule has 0 saturated heterocycles. The second-order valence-electron chi connectivity index (χ2n) is 7.94. The van der Waals surface area contributed by atoms with Gasteiger partial charge in [-0.1, -0.05) is 54.1 Å². The van der Waals surface area contributed by atoms with E-state index in [2.05, 4.69) is 16.4 Å². The first-order valence-corrected chi connectivity index (χ1v) is 10.4. The molecule has 0 bridgehead atoms. The number of H-pyrrole nitrogens is 1. The quantitative estimate of drug-likeness (QED) is 0.484. The van der Waals surface area contributed by atoms with E-state index in [1.165, 1.54) is 0 Å². The van der Waals surface area contributed by atoms with Crippen LogP contribution in [-0.4, -0.2) is 28.2 Å². The number of nitrogens with zero attached hydrogens (tertiary/aromatic N) is 1. The number of aryl methyl sites for hydroxylation is 1. The van der Waals surface area contributed by atoms with Crippen LogP contribution < -0.4 is 5.32 Å². The van der Waals surface area contributed by atoms with Crippen LogP contribution in [-0.2, 0) is 4.79 Å². The number of nitrogens with one attached hydrogen (secondary N) is 2. The molecule has 1 aromatic heterocycles. The lowest BCUT2D eigenvalue weighted by atomic mass is 9.97. The number of benzene rings is 3. The zero-order valence-corrected chi connectivity index (χ0v) is 17.3. The number of fused-ring (bicyclic) bond motifs is 2. The smallest absolute Gasteiger partial charge is 0.255 e. The van der Waals surface area contributed by atoms with Gasteiger partial charge in [0, 0.05) is 46.9 Å². The van der Waals surface area contributed by atoms with Crippen LogP contribution in [0.3, 0.4) is 0 Å². The number of carbonyl (C=O) groups excluding carboxylic acids is 2. The number of aromatic amines is 1. The molecule has 4 aromatic rings. The highest BCUT2D eigenvalue weighted by Gasteiger charge is 2.38. The molecule has 31 heavy (non-hydrogen) atoms. The van der Waals surface area contributed by atoms with E-state index in [9.17, 15) is 9.59 Å². The Kier molecular flexibility index (Phi) is 4.79. The highest BCUT2D eigenvalue weighted by atomic mass is 16.2. The summed E-state index contributed by atoms with van der Waals surface area (Å²) in [5, 5.41) is 4.01.